The Morgan fingerprint density at radius 3 is 2.79 bits per heavy atom. The molecule has 148 valence electrons. The van der Waals surface area contributed by atoms with Gasteiger partial charge in [0.1, 0.15) is 23.3 Å². The highest BCUT2D eigenvalue weighted by Gasteiger charge is 2.18. The highest BCUT2D eigenvalue weighted by Crippen LogP contribution is 2.27. The quantitative estimate of drug-likeness (QED) is 0.503. The SMILES string of the molecule is Cn1ncc(-c2nc(-c3cccc(S(N)=O)c3)no2)c1COc1ccc(Cl)cc1. The zero-order chi connectivity index (χ0) is 20.4. The third-order valence-electron chi connectivity index (χ3n) is 4.23. The Kier molecular flexibility index (Phi) is 5.43. The van der Waals surface area contributed by atoms with Crippen molar-refractivity contribution < 1.29 is 13.5 Å². The van der Waals surface area contributed by atoms with Crippen LogP contribution in [0.15, 0.2) is 64.1 Å². The van der Waals surface area contributed by atoms with Gasteiger partial charge in [-0.2, -0.15) is 10.1 Å². The van der Waals surface area contributed by atoms with Crippen LogP contribution in [-0.2, 0) is 24.6 Å². The number of ether oxygens (including phenoxy) is 1. The standard InChI is InChI=1S/C19H16ClN5O3S/c1-25-17(11-27-14-7-5-13(20)6-8-14)16(10-22-25)19-23-18(24-28-19)12-3-2-4-15(9-12)29(21)26/h2-10H,11,21H2,1H3. The summed E-state index contributed by atoms with van der Waals surface area (Å²) in [7, 11) is 0.218. The molecule has 0 aliphatic carbocycles. The minimum atomic E-state index is -1.59. The second-order valence-electron chi connectivity index (χ2n) is 6.12. The van der Waals surface area contributed by atoms with Crippen LogP contribution >= 0.6 is 11.6 Å². The van der Waals surface area contributed by atoms with Gasteiger partial charge in [-0.15, -0.1) is 0 Å². The summed E-state index contributed by atoms with van der Waals surface area (Å²) < 4.78 is 24.4. The van der Waals surface area contributed by atoms with Crippen LogP contribution in [0.2, 0.25) is 5.02 Å². The topological polar surface area (TPSA) is 109 Å². The molecule has 0 saturated carbocycles. The number of halogens is 1. The molecule has 0 amide bonds. The van der Waals surface area contributed by atoms with Gasteiger partial charge in [0.05, 0.1) is 22.3 Å². The van der Waals surface area contributed by atoms with Crippen LogP contribution < -0.4 is 9.88 Å². The van der Waals surface area contributed by atoms with Crippen LogP contribution in [-0.4, -0.2) is 24.1 Å². The maximum Gasteiger partial charge on any atom is 0.261 e. The Bertz CT molecular complexity index is 1170. The number of nitrogens with zero attached hydrogens (tertiary/aromatic N) is 4. The van der Waals surface area contributed by atoms with E-state index in [1.807, 2.05) is 0 Å². The lowest BCUT2D eigenvalue weighted by molar-refractivity contribution is 0.295. The van der Waals surface area contributed by atoms with E-state index in [2.05, 4.69) is 15.2 Å². The van der Waals surface area contributed by atoms with Crippen molar-refractivity contribution in [2.75, 3.05) is 0 Å². The van der Waals surface area contributed by atoms with Gasteiger partial charge >= 0.3 is 0 Å². The average molecular weight is 430 g/mol. The number of rotatable bonds is 6. The minimum absolute atomic E-state index is 0.257. The van der Waals surface area contributed by atoms with E-state index in [0.717, 1.165) is 5.69 Å². The van der Waals surface area contributed by atoms with E-state index in [9.17, 15) is 4.21 Å². The monoisotopic (exact) mass is 429 g/mol. The lowest BCUT2D eigenvalue weighted by atomic mass is 10.2. The molecule has 1 atom stereocenters. The summed E-state index contributed by atoms with van der Waals surface area (Å²) in [5.74, 6) is 1.35. The van der Waals surface area contributed by atoms with Crippen LogP contribution in [0.1, 0.15) is 5.69 Å². The summed E-state index contributed by atoms with van der Waals surface area (Å²) in [4.78, 5) is 4.93. The zero-order valence-corrected chi connectivity index (χ0v) is 16.9. The molecule has 10 heteroatoms. The van der Waals surface area contributed by atoms with Crippen molar-refractivity contribution >= 4 is 22.6 Å². The molecule has 1 unspecified atom stereocenters. The summed E-state index contributed by atoms with van der Waals surface area (Å²) in [6.07, 6.45) is 1.64. The smallest absolute Gasteiger partial charge is 0.261 e. The highest BCUT2D eigenvalue weighted by atomic mass is 35.5. The van der Waals surface area contributed by atoms with Gasteiger partial charge in [-0.25, -0.2) is 9.35 Å². The number of aryl methyl sites for hydroxylation is 1. The molecule has 0 aliphatic rings. The number of hydrogen-bond acceptors (Lipinski definition) is 6. The number of nitrogens with two attached hydrogens (primary N) is 1. The predicted octanol–water partition coefficient (Wildman–Crippen LogP) is 3.35. The first-order chi connectivity index (χ1) is 14.0. The average Bonchev–Trinajstić information content (AvgIpc) is 3.34. The first-order valence-corrected chi connectivity index (χ1v) is 10.1. The molecule has 2 aromatic carbocycles. The summed E-state index contributed by atoms with van der Waals surface area (Å²) in [6.45, 7) is 0.257. The molecular formula is C19H16ClN5O3S. The molecule has 4 rings (SSSR count). The molecule has 8 nitrogen and oxygen atoms in total. The molecule has 0 radical (unpaired) electrons. The van der Waals surface area contributed by atoms with Crippen LogP contribution in [0.25, 0.3) is 22.8 Å². The van der Waals surface area contributed by atoms with Crippen LogP contribution in [0, 0.1) is 0 Å². The fraction of sp³-hybridized carbons (Fsp3) is 0.105. The lowest BCUT2D eigenvalue weighted by Crippen LogP contribution is -2.04. The van der Waals surface area contributed by atoms with Crippen molar-refractivity contribution in [2.24, 2.45) is 12.2 Å². The summed E-state index contributed by atoms with van der Waals surface area (Å²) in [6, 6.07) is 14.0. The molecule has 2 N–H and O–H groups in total. The fourth-order valence-corrected chi connectivity index (χ4v) is 3.29. The normalized spacial score (nSPS) is 12.1. The molecule has 29 heavy (non-hydrogen) atoms. The van der Waals surface area contributed by atoms with E-state index in [1.165, 1.54) is 0 Å². The molecule has 2 aromatic heterocycles. The van der Waals surface area contributed by atoms with Crippen LogP contribution in [0.5, 0.6) is 5.75 Å². The first kappa shape index (κ1) is 19.3. The van der Waals surface area contributed by atoms with E-state index in [1.54, 1.807) is 66.5 Å². The van der Waals surface area contributed by atoms with Crippen molar-refractivity contribution in [1.82, 2.24) is 19.9 Å². The third kappa shape index (κ3) is 4.21. The summed E-state index contributed by atoms with van der Waals surface area (Å²) in [5.41, 5.74) is 2.09. The van der Waals surface area contributed by atoms with Crippen molar-refractivity contribution in [3.63, 3.8) is 0 Å². The van der Waals surface area contributed by atoms with Gasteiger partial charge in [-0.05, 0) is 36.4 Å². The Balaban J connectivity index is 1.59. The first-order valence-electron chi connectivity index (χ1n) is 8.51. The Morgan fingerprint density at radius 1 is 1.24 bits per heavy atom. The lowest BCUT2D eigenvalue weighted by Gasteiger charge is -2.07. The Labute approximate surface area is 173 Å². The number of benzene rings is 2. The van der Waals surface area contributed by atoms with Gasteiger partial charge < -0.3 is 9.26 Å². The van der Waals surface area contributed by atoms with Gasteiger partial charge in [0.2, 0.25) is 5.82 Å². The maximum absolute atomic E-state index is 11.5. The van der Waals surface area contributed by atoms with E-state index >= 15 is 0 Å². The predicted molar refractivity (Wildman–Crippen MR) is 108 cm³/mol. The Morgan fingerprint density at radius 2 is 2.03 bits per heavy atom. The van der Waals surface area contributed by atoms with Gasteiger partial charge in [0.25, 0.3) is 5.89 Å². The number of aromatic nitrogens is 4. The molecule has 0 aliphatic heterocycles. The van der Waals surface area contributed by atoms with E-state index < -0.39 is 11.0 Å². The van der Waals surface area contributed by atoms with Crippen LogP contribution in [0.4, 0.5) is 0 Å². The van der Waals surface area contributed by atoms with Crippen molar-refractivity contribution in [1.29, 1.82) is 0 Å². The molecule has 0 saturated heterocycles. The van der Waals surface area contributed by atoms with Crippen molar-refractivity contribution in [3.8, 4) is 28.6 Å². The zero-order valence-electron chi connectivity index (χ0n) is 15.3. The third-order valence-corrected chi connectivity index (χ3v) is 5.20. The molecular weight excluding hydrogens is 414 g/mol. The molecule has 0 fully saturated rings. The van der Waals surface area contributed by atoms with Crippen molar-refractivity contribution in [3.05, 3.63) is 65.4 Å². The van der Waals surface area contributed by atoms with Gasteiger partial charge in [0, 0.05) is 17.6 Å². The second kappa shape index (κ2) is 8.16. The summed E-state index contributed by atoms with van der Waals surface area (Å²) in [5, 5.41) is 14.4. The van der Waals surface area contributed by atoms with Crippen LogP contribution in [0.3, 0.4) is 0 Å². The van der Waals surface area contributed by atoms with E-state index in [-0.39, 0.29) is 6.61 Å². The number of hydrogen-bond donors (Lipinski definition) is 1. The molecule has 4 aromatic rings. The van der Waals surface area contributed by atoms with Gasteiger partial charge in [-0.3, -0.25) is 4.68 Å². The summed E-state index contributed by atoms with van der Waals surface area (Å²) >= 11 is 5.90. The highest BCUT2D eigenvalue weighted by molar-refractivity contribution is 7.82. The minimum Gasteiger partial charge on any atom is -0.487 e. The second-order valence-corrected chi connectivity index (χ2v) is 7.62. The largest absolute Gasteiger partial charge is 0.487 e. The van der Waals surface area contributed by atoms with Gasteiger partial charge in [-0.1, -0.05) is 28.9 Å². The fourth-order valence-electron chi connectivity index (χ4n) is 2.71. The molecule has 0 bridgehead atoms. The maximum atomic E-state index is 11.5. The molecule has 2 heterocycles. The van der Waals surface area contributed by atoms with Gasteiger partial charge in [0.15, 0.2) is 0 Å². The molecule has 0 spiro atoms. The van der Waals surface area contributed by atoms with E-state index in [0.29, 0.717) is 38.5 Å². The van der Waals surface area contributed by atoms with Crippen molar-refractivity contribution in [2.45, 2.75) is 11.5 Å². The Hall–Kier alpha value is -3.01. The van der Waals surface area contributed by atoms with E-state index in [4.69, 9.17) is 26.0 Å².